The van der Waals surface area contributed by atoms with Gasteiger partial charge in [-0.25, -0.2) is 0 Å². The van der Waals surface area contributed by atoms with Crippen LogP contribution in [-0.4, -0.2) is 11.8 Å². The monoisotopic (exact) mass is 205 g/mol. The van der Waals surface area contributed by atoms with Gasteiger partial charge in [-0.3, -0.25) is 4.79 Å². The SMILES string of the molecule is Cc1cc(C)cc(CC(=O)CC(C)N)c1. The number of benzene rings is 1. The van der Waals surface area contributed by atoms with Gasteiger partial charge in [0.25, 0.3) is 0 Å². The van der Waals surface area contributed by atoms with Crippen LogP contribution in [0.2, 0.25) is 0 Å². The molecule has 0 bridgehead atoms. The molecule has 0 aliphatic carbocycles. The average molecular weight is 205 g/mol. The van der Waals surface area contributed by atoms with E-state index in [1.165, 1.54) is 11.1 Å². The number of aryl methyl sites for hydroxylation is 2. The summed E-state index contributed by atoms with van der Waals surface area (Å²) in [6.07, 6.45) is 0.969. The first kappa shape index (κ1) is 11.9. The Kier molecular flexibility index (Phi) is 4.04. The third-order valence-corrected chi connectivity index (χ3v) is 2.23. The van der Waals surface area contributed by atoms with E-state index >= 15 is 0 Å². The van der Waals surface area contributed by atoms with Gasteiger partial charge in [-0.1, -0.05) is 29.3 Å². The van der Waals surface area contributed by atoms with Crippen molar-refractivity contribution in [1.29, 1.82) is 0 Å². The first-order chi connectivity index (χ1) is 6.97. The van der Waals surface area contributed by atoms with Crippen LogP contribution >= 0.6 is 0 Å². The topological polar surface area (TPSA) is 43.1 Å². The third kappa shape index (κ3) is 4.26. The van der Waals surface area contributed by atoms with Crippen molar-refractivity contribution < 1.29 is 4.79 Å². The van der Waals surface area contributed by atoms with Crippen LogP contribution in [0.3, 0.4) is 0 Å². The molecule has 0 spiro atoms. The number of carbonyl (C=O) groups is 1. The summed E-state index contributed by atoms with van der Waals surface area (Å²) in [5.41, 5.74) is 9.10. The van der Waals surface area contributed by atoms with Crippen molar-refractivity contribution in [2.75, 3.05) is 0 Å². The summed E-state index contributed by atoms with van der Waals surface area (Å²) < 4.78 is 0. The number of hydrogen-bond donors (Lipinski definition) is 1. The molecule has 82 valence electrons. The zero-order valence-electron chi connectivity index (χ0n) is 9.71. The fourth-order valence-electron chi connectivity index (χ4n) is 1.83. The molecule has 1 aromatic carbocycles. The van der Waals surface area contributed by atoms with Crippen molar-refractivity contribution in [3.63, 3.8) is 0 Å². The van der Waals surface area contributed by atoms with E-state index in [0.717, 1.165) is 5.56 Å². The Hall–Kier alpha value is -1.15. The average Bonchev–Trinajstić information content (AvgIpc) is 1.98. The second-order valence-electron chi connectivity index (χ2n) is 4.39. The number of ketones is 1. The fraction of sp³-hybridized carbons (Fsp3) is 0.462. The normalized spacial score (nSPS) is 12.5. The van der Waals surface area contributed by atoms with E-state index in [0.29, 0.717) is 12.8 Å². The lowest BCUT2D eigenvalue weighted by molar-refractivity contribution is -0.118. The highest BCUT2D eigenvalue weighted by Crippen LogP contribution is 2.10. The number of nitrogens with two attached hydrogens (primary N) is 1. The molecule has 2 heteroatoms. The van der Waals surface area contributed by atoms with Gasteiger partial charge in [-0.2, -0.15) is 0 Å². The molecule has 1 unspecified atom stereocenters. The first-order valence-corrected chi connectivity index (χ1v) is 5.32. The number of rotatable bonds is 4. The molecule has 0 aliphatic rings. The summed E-state index contributed by atoms with van der Waals surface area (Å²) in [5.74, 6) is 0.218. The van der Waals surface area contributed by atoms with Gasteiger partial charge in [0.15, 0.2) is 0 Å². The lowest BCUT2D eigenvalue weighted by atomic mass is 10.0. The molecule has 0 saturated heterocycles. The van der Waals surface area contributed by atoms with E-state index in [2.05, 4.69) is 18.2 Å². The molecule has 2 nitrogen and oxygen atoms in total. The second-order valence-corrected chi connectivity index (χ2v) is 4.39. The van der Waals surface area contributed by atoms with Crippen molar-refractivity contribution in [3.8, 4) is 0 Å². The molecule has 1 aromatic rings. The summed E-state index contributed by atoms with van der Waals surface area (Å²) in [4.78, 5) is 11.6. The minimum atomic E-state index is -0.0385. The molecule has 0 fully saturated rings. The van der Waals surface area contributed by atoms with Gasteiger partial charge in [0.2, 0.25) is 0 Å². The Balaban J connectivity index is 2.68. The lowest BCUT2D eigenvalue weighted by Gasteiger charge is -2.06. The molecule has 0 aromatic heterocycles. The highest BCUT2D eigenvalue weighted by Gasteiger charge is 2.07. The molecule has 1 atom stereocenters. The van der Waals surface area contributed by atoms with Crippen molar-refractivity contribution in [2.45, 2.75) is 39.7 Å². The van der Waals surface area contributed by atoms with Crippen molar-refractivity contribution in [3.05, 3.63) is 34.9 Å². The van der Waals surface area contributed by atoms with Gasteiger partial charge < -0.3 is 5.73 Å². The van der Waals surface area contributed by atoms with Crippen LogP contribution in [0.25, 0.3) is 0 Å². The largest absolute Gasteiger partial charge is 0.328 e. The van der Waals surface area contributed by atoms with Gasteiger partial charge in [-0.05, 0) is 26.3 Å². The third-order valence-electron chi connectivity index (χ3n) is 2.23. The van der Waals surface area contributed by atoms with Crippen LogP contribution in [0.4, 0.5) is 0 Å². The molecule has 0 heterocycles. The molecule has 0 radical (unpaired) electrons. The summed E-state index contributed by atoms with van der Waals surface area (Å²) in [6, 6.07) is 6.20. The Labute approximate surface area is 91.5 Å². The van der Waals surface area contributed by atoms with E-state index < -0.39 is 0 Å². The number of carbonyl (C=O) groups excluding carboxylic acids is 1. The van der Waals surface area contributed by atoms with Crippen LogP contribution in [0.1, 0.15) is 30.0 Å². The van der Waals surface area contributed by atoms with Crippen LogP contribution in [-0.2, 0) is 11.2 Å². The smallest absolute Gasteiger partial charge is 0.138 e. The predicted octanol–water partition coefficient (Wildman–Crippen LogP) is 2.15. The zero-order chi connectivity index (χ0) is 11.4. The molecule has 2 N–H and O–H groups in total. The van der Waals surface area contributed by atoms with Gasteiger partial charge in [0.1, 0.15) is 5.78 Å². The maximum absolute atomic E-state index is 11.6. The van der Waals surface area contributed by atoms with E-state index in [1.54, 1.807) is 0 Å². The summed E-state index contributed by atoms with van der Waals surface area (Å²) in [5, 5.41) is 0. The highest BCUT2D eigenvalue weighted by atomic mass is 16.1. The number of hydrogen-bond acceptors (Lipinski definition) is 2. The van der Waals surface area contributed by atoms with E-state index in [9.17, 15) is 4.79 Å². The summed E-state index contributed by atoms with van der Waals surface area (Å²) in [7, 11) is 0. The Morgan fingerprint density at radius 2 is 1.80 bits per heavy atom. The van der Waals surface area contributed by atoms with Gasteiger partial charge in [0.05, 0.1) is 0 Å². The minimum Gasteiger partial charge on any atom is -0.328 e. The molecule has 1 rings (SSSR count). The molecular weight excluding hydrogens is 186 g/mol. The van der Waals surface area contributed by atoms with Crippen LogP contribution in [0.5, 0.6) is 0 Å². The standard InChI is InChI=1S/C13H19NO/c1-9-4-10(2)6-12(5-9)8-13(15)7-11(3)14/h4-6,11H,7-8,14H2,1-3H3. The van der Waals surface area contributed by atoms with Crippen LogP contribution in [0.15, 0.2) is 18.2 Å². The van der Waals surface area contributed by atoms with E-state index in [4.69, 9.17) is 5.73 Å². The second kappa shape index (κ2) is 5.08. The molecule has 0 amide bonds. The van der Waals surface area contributed by atoms with E-state index in [-0.39, 0.29) is 11.8 Å². The lowest BCUT2D eigenvalue weighted by Crippen LogP contribution is -2.20. The van der Waals surface area contributed by atoms with Crippen molar-refractivity contribution >= 4 is 5.78 Å². The maximum Gasteiger partial charge on any atom is 0.138 e. The Bertz CT molecular complexity index is 335. The molecule has 15 heavy (non-hydrogen) atoms. The van der Waals surface area contributed by atoms with E-state index in [1.807, 2.05) is 20.8 Å². The fourth-order valence-corrected chi connectivity index (χ4v) is 1.83. The Morgan fingerprint density at radius 3 is 2.27 bits per heavy atom. The molecular formula is C13H19NO. The van der Waals surface area contributed by atoms with Crippen LogP contribution < -0.4 is 5.73 Å². The quantitative estimate of drug-likeness (QED) is 0.818. The summed E-state index contributed by atoms with van der Waals surface area (Å²) in [6.45, 7) is 5.96. The predicted molar refractivity (Wildman–Crippen MR) is 62.9 cm³/mol. The summed E-state index contributed by atoms with van der Waals surface area (Å²) >= 11 is 0. The molecule has 0 saturated carbocycles. The minimum absolute atomic E-state index is 0.0385. The van der Waals surface area contributed by atoms with Gasteiger partial charge in [-0.15, -0.1) is 0 Å². The van der Waals surface area contributed by atoms with Crippen molar-refractivity contribution in [1.82, 2.24) is 0 Å². The highest BCUT2D eigenvalue weighted by molar-refractivity contribution is 5.81. The van der Waals surface area contributed by atoms with Gasteiger partial charge in [0, 0.05) is 18.9 Å². The number of Topliss-reactive ketones (excluding diaryl/α,β-unsaturated/α-hetero) is 1. The zero-order valence-corrected chi connectivity index (χ0v) is 9.71. The maximum atomic E-state index is 11.6. The Morgan fingerprint density at radius 1 is 1.27 bits per heavy atom. The van der Waals surface area contributed by atoms with Crippen molar-refractivity contribution in [2.24, 2.45) is 5.73 Å². The molecule has 0 aliphatic heterocycles. The van der Waals surface area contributed by atoms with Gasteiger partial charge >= 0.3 is 0 Å². The first-order valence-electron chi connectivity index (χ1n) is 5.32. The van der Waals surface area contributed by atoms with Crippen LogP contribution in [0, 0.1) is 13.8 Å².